The molecule has 0 aliphatic carbocycles. The largest absolute Gasteiger partial charge is 0.480 e. The summed E-state index contributed by atoms with van der Waals surface area (Å²) in [5, 5.41) is 17.4. The van der Waals surface area contributed by atoms with Gasteiger partial charge in [0.15, 0.2) is 0 Å². The van der Waals surface area contributed by atoms with Crippen molar-refractivity contribution in [1.82, 2.24) is 15.2 Å². The minimum absolute atomic E-state index is 0.311. The van der Waals surface area contributed by atoms with Crippen LogP contribution in [0.2, 0.25) is 0 Å². The molecule has 2 aliphatic heterocycles. The summed E-state index contributed by atoms with van der Waals surface area (Å²) in [6.07, 6.45) is 5.90. The number of pyridine rings is 1. The maximum atomic E-state index is 12.2. The fourth-order valence-electron chi connectivity index (χ4n) is 4.42. The van der Waals surface area contributed by atoms with E-state index in [-0.39, 0.29) is 5.91 Å². The molecule has 0 radical (unpaired) electrons. The highest BCUT2D eigenvalue weighted by Gasteiger charge is 2.26. The Morgan fingerprint density at radius 2 is 2.26 bits per heavy atom. The van der Waals surface area contributed by atoms with Crippen LogP contribution in [0, 0.1) is 5.92 Å². The van der Waals surface area contributed by atoms with Gasteiger partial charge in [-0.3, -0.25) is 4.79 Å². The second-order valence-electron chi connectivity index (χ2n) is 8.46. The maximum absolute atomic E-state index is 12.2. The van der Waals surface area contributed by atoms with Gasteiger partial charge in [0.05, 0.1) is 4.88 Å². The van der Waals surface area contributed by atoms with Crippen LogP contribution in [-0.2, 0) is 17.6 Å². The van der Waals surface area contributed by atoms with Crippen LogP contribution in [0.25, 0.3) is 0 Å². The third-order valence-electron chi connectivity index (χ3n) is 6.21. The molecule has 1 amide bonds. The van der Waals surface area contributed by atoms with Crippen LogP contribution < -0.4 is 10.6 Å². The number of carbonyl (C=O) groups excluding carboxylic acids is 1. The van der Waals surface area contributed by atoms with Crippen molar-refractivity contribution >= 4 is 29.0 Å². The molecule has 3 N–H and O–H groups in total. The van der Waals surface area contributed by atoms with Crippen molar-refractivity contribution in [3.05, 3.63) is 45.8 Å². The Kier molecular flexibility index (Phi) is 7.19. The summed E-state index contributed by atoms with van der Waals surface area (Å²) >= 11 is 1.32. The van der Waals surface area contributed by atoms with E-state index in [1.165, 1.54) is 23.3 Å². The Morgan fingerprint density at radius 3 is 3.06 bits per heavy atom. The first-order valence-corrected chi connectivity index (χ1v) is 12.0. The summed E-state index contributed by atoms with van der Waals surface area (Å²) in [7, 11) is 0. The van der Waals surface area contributed by atoms with Crippen LogP contribution in [0.1, 0.15) is 46.6 Å². The van der Waals surface area contributed by atoms with E-state index in [1.54, 1.807) is 12.1 Å². The molecule has 2 aromatic heterocycles. The first kappa shape index (κ1) is 21.8. The van der Waals surface area contributed by atoms with Gasteiger partial charge in [0.1, 0.15) is 11.9 Å². The number of aliphatic carboxylic acids is 1. The Balaban J connectivity index is 1.21. The average molecular weight is 443 g/mol. The minimum Gasteiger partial charge on any atom is -0.480 e. The van der Waals surface area contributed by atoms with Gasteiger partial charge in [-0.15, -0.1) is 11.3 Å². The number of carboxylic acid groups (broad SMARTS) is 1. The highest BCUT2D eigenvalue weighted by atomic mass is 32.1. The molecule has 8 heteroatoms. The molecular formula is C23H30N4O3S. The van der Waals surface area contributed by atoms with Crippen molar-refractivity contribution < 1.29 is 14.7 Å². The fourth-order valence-corrected chi connectivity index (χ4v) is 5.04. The van der Waals surface area contributed by atoms with Crippen LogP contribution in [0.4, 0.5) is 5.82 Å². The Morgan fingerprint density at radius 1 is 1.35 bits per heavy atom. The van der Waals surface area contributed by atoms with Crippen molar-refractivity contribution in [2.75, 3.05) is 31.5 Å². The van der Waals surface area contributed by atoms with Crippen molar-refractivity contribution in [2.24, 2.45) is 5.92 Å². The number of nitrogens with zero attached hydrogens (tertiary/aromatic N) is 2. The van der Waals surface area contributed by atoms with Gasteiger partial charge in [-0.1, -0.05) is 12.1 Å². The van der Waals surface area contributed by atoms with E-state index < -0.39 is 12.0 Å². The molecule has 0 spiro atoms. The molecule has 166 valence electrons. The Bertz CT molecular complexity index is 902. The third kappa shape index (κ3) is 5.83. The molecule has 1 saturated heterocycles. The van der Waals surface area contributed by atoms with E-state index in [2.05, 4.69) is 27.7 Å². The normalized spacial score (nSPS) is 19.4. The number of thiophene rings is 1. The molecule has 4 rings (SSSR count). The van der Waals surface area contributed by atoms with Gasteiger partial charge >= 0.3 is 5.97 Å². The van der Waals surface area contributed by atoms with Gasteiger partial charge in [-0.2, -0.15) is 0 Å². The van der Waals surface area contributed by atoms with Gasteiger partial charge in [0.25, 0.3) is 5.91 Å². The monoisotopic (exact) mass is 442 g/mol. The Labute approximate surface area is 186 Å². The van der Waals surface area contributed by atoms with E-state index in [0.29, 0.717) is 23.8 Å². The lowest BCUT2D eigenvalue weighted by atomic mass is 10.00. The molecule has 2 atom stereocenters. The van der Waals surface area contributed by atoms with Crippen molar-refractivity contribution in [2.45, 2.75) is 44.6 Å². The number of hydrogen-bond acceptors (Lipinski definition) is 6. The lowest BCUT2D eigenvalue weighted by Gasteiger charge is -2.20. The van der Waals surface area contributed by atoms with E-state index in [9.17, 15) is 14.7 Å². The average Bonchev–Trinajstić information content (AvgIpc) is 3.47. The number of nitrogens with one attached hydrogen (secondary N) is 2. The summed E-state index contributed by atoms with van der Waals surface area (Å²) in [4.78, 5) is 31.4. The van der Waals surface area contributed by atoms with E-state index in [0.717, 1.165) is 56.8 Å². The van der Waals surface area contributed by atoms with Gasteiger partial charge in [0, 0.05) is 25.3 Å². The van der Waals surface area contributed by atoms with Crippen LogP contribution in [0.5, 0.6) is 0 Å². The number of anilines is 1. The fraction of sp³-hybridized carbons (Fsp3) is 0.522. The molecule has 2 aromatic rings. The lowest BCUT2D eigenvalue weighted by Crippen LogP contribution is -2.42. The SMILES string of the molecule is O=C(NC(CCN1CCC(CCc2ccc3c(n2)NCCC3)C1)C(=O)O)c1cccs1. The first-order valence-electron chi connectivity index (χ1n) is 11.1. The zero-order valence-corrected chi connectivity index (χ0v) is 18.5. The van der Waals surface area contributed by atoms with Crippen molar-refractivity contribution in [3.63, 3.8) is 0 Å². The van der Waals surface area contributed by atoms with Crippen molar-refractivity contribution in [3.8, 4) is 0 Å². The highest BCUT2D eigenvalue weighted by molar-refractivity contribution is 7.12. The number of aromatic nitrogens is 1. The van der Waals surface area contributed by atoms with Gasteiger partial charge in [-0.05, 0) is 74.1 Å². The molecule has 0 saturated carbocycles. The molecule has 2 aliphatic rings. The number of rotatable bonds is 9. The first-order chi connectivity index (χ1) is 15.1. The summed E-state index contributed by atoms with van der Waals surface area (Å²) in [6, 6.07) is 7.00. The molecule has 0 aromatic carbocycles. The number of carbonyl (C=O) groups is 2. The zero-order chi connectivity index (χ0) is 21.6. The summed E-state index contributed by atoms with van der Waals surface area (Å²) < 4.78 is 0. The molecule has 4 heterocycles. The molecule has 1 fully saturated rings. The van der Waals surface area contributed by atoms with Crippen LogP contribution in [0.3, 0.4) is 0 Å². The topological polar surface area (TPSA) is 94.6 Å². The minimum atomic E-state index is -0.979. The molecular weight excluding hydrogens is 412 g/mol. The smallest absolute Gasteiger partial charge is 0.326 e. The number of amides is 1. The predicted octanol–water partition coefficient (Wildman–Crippen LogP) is 3.03. The van der Waals surface area contributed by atoms with Crippen LogP contribution in [-0.4, -0.2) is 59.1 Å². The van der Waals surface area contributed by atoms with Gasteiger partial charge < -0.3 is 20.6 Å². The molecule has 2 unspecified atom stereocenters. The number of fused-ring (bicyclic) bond motifs is 1. The second-order valence-corrected chi connectivity index (χ2v) is 9.41. The van der Waals surface area contributed by atoms with Gasteiger partial charge in [0.2, 0.25) is 0 Å². The van der Waals surface area contributed by atoms with E-state index in [4.69, 9.17) is 4.98 Å². The lowest BCUT2D eigenvalue weighted by molar-refractivity contribution is -0.139. The molecule has 0 bridgehead atoms. The summed E-state index contributed by atoms with van der Waals surface area (Å²) in [5.74, 6) is 0.373. The standard InChI is InChI=1S/C23H30N4O3S/c28-22(20-4-2-14-31-20)26-19(23(29)30)10-13-27-12-9-16(15-27)5-7-18-8-6-17-3-1-11-24-21(17)25-18/h2,4,6,8,14,16,19H,1,3,5,7,9-13,15H2,(H,24,25)(H,26,28)(H,29,30). The molecule has 7 nitrogen and oxygen atoms in total. The maximum Gasteiger partial charge on any atom is 0.326 e. The Hall–Kier alpha value is -2.45. The number of hydrogen-bond donors (Lipinski definition) is 3. The third-order valence-corrected chi connectivity index (χ3v) is 7.08. The summed E-state index contributed by atoms with van der Waals surface area (Å²) in [6.45, 7) is 3.65. The van der Waals surface area contributed by atoms with Crippen LogP contribution in [0.15, 0.2) is 29.6 Å². The zero-order valence-electron chi connectivity index (χ0n) is 17.7. The van der Waals surface area contributed by atoms with E-state index in [1.807, 2.05) is 5.38 Å². The van der Waals surface area contributed by atoms with Crippen molar-refractivity contribution in [1.29, 1.82) is 0 Å². The number of carboxylic acids is 1. The quantitative estimate of drug-likeness (QED) is 0.553. The van der Waals surface area contributed by atoms with E-state index >= 15 is 0 Å². The molecule has 31 heavy (non-hydrogen) atoms. The summed E-state index contributed by atoms with van der Waals surface area (Å²) in [5.41, 5.74) is 2.47. The van der Waals surface area contributed by atoms with Crippen LogP contribution >= 0.6 is 11.3 Å². The predicted molar refractivity (Wildman–Crippen MR) is 122 cm³/mol. The number of likely N-dealkylation sites (tertiary alicyclic amines) is 1. The van der Waals surface area contributed by atoms with Gasteiger partial charge in [-0.25, -0.2) is 9.78 Å². The number of aryl methyl sites for hydroxylation is 2. The second kappa shape index (κ2) is 10.2. The highest BCUT2D eigenvalue weighted by Crippen LogP contribution is 2.24.